The second-order valence-corrected chi connectivity index (χ2v) is 5.05. The van der Waals surface area contributed by atoms with Crippen molar-refractivity contribution in [3.8, 4) is 6.07 Å². The van der Waals surface area contributed by atoms with Gasteiger partial charge >= 0.3 is 0 Å². The molecule has 1 N–H and O–H groups in total. The molecule has 1 aromatic heterocycles. The number of carbonyl (C=O) groups is 2. The summed E-state index contributed by atoms with van der Waals surface area (Å²) in [7, 11) is 0. The number of pyridine rings is 1. The van der Waals surface area contributed by atoms with Gasteiger partial charge in [0.1, 0.15) is 5.69 Å². The zero-order valence-corrected chi connectivity index (χ0v) is 13.6. The van der Waals surface area contributed by atoms with Crippen molar-refractivity contribution in [3.63, 3.8) is 0 Å². The van der Waals surface area contributed by atoms with Crippen LogP contribution in [0.4, 0.5) is 5.69 Å². The number of aromatic nitrogens is 1. The van der Waals surface area contributed by atoms with Crippen LogP contribution < -0.4 is 5.32 Å². The molecule has 1 aromatic carbocycles. The van der Waals surface area contributed by atoms with Crippen molar-refractivity contribution in [1.29, 1.82) is 5.26 Å². The van der Waals surface area contributed by atoms with Crippen molar-refractivity contribution < 1.29 is 9.59 Å². The number of nitrogens with one attached hydrogen (secondary N) is 1. The number of carbonyl (C=O) groups excluding carboxylic acids is 2. The molecule has 0 spiro atoms. The van der Waals surface area contributed by atoms with Crippen LogP contribution in [-0.2, 0) is 0 Å². The second-order valence-electron chi connectivity index (χ2n) is 5.05. The lowest BCUT2D eigenvalue weighted by molar-refractivity contribution is 0.0773. The summed E-state index contributed by atoms with van der Waals surface area (Å²) in [6.45, 7) is 5.01. The van der Waals surface area contributed by atoms with Gasteiger partial charge in [0.15, 0.2) is 0 Å². The Labute approximate surface area is 140 Å². The maximum absolute atomic E-state index is 12.3. The molecule has 122 valence electrons. The molecule has 0 aliphatic heterocycles. The van der Waals surface area contributed by atoms with Crippen LogP contribution in [0.3, 0.4) is 0 Å². The smallest absolute Gasteiger partial charge is 0.274 e. The topological polar surface area (TPSA) is 86.1 Å². The molecule has 0 radical (unpaired) electrons. The second kappa shape index (κ2) is 7.88. The van der Waals surface area contributed by atoms with E-state index in [0.717, 1.165) is 0 Å². The Bertz CT molecular complexity index is 774. The molecular weight excluding hydrogens is 304 g/mol. The summed E-state index contributed by atoms with van der Waals surface area (Å²) in [4.78, 5) is 30.3. The van der Waals surface area contributed by atoms with Crippen molar-refractivity contribution in [2.45, 2.75) is 13.8 Å². The Hall–Kier alpha value is -3.20. The fourth-order valence-corrected chi connectivity index (χ4v) is 2.20. The van der Waals surface area contributed by atoms with E-state index >= 15 is 0 Å². The predicted molar refractivity (Wildman–Crippen MR) is 90.6 cm³/mol. The lowest BCUT2D eigenvalue weighted by Crippen LogP contribution is -2.30. The molecule has 0 fully saturated rings. The van der Waals surface area contributed by atoms with Crippen LogP contribution >= 0.6 is 0 Å². The maximum atomic E-state index is 12.3. The van der Waals surface area contributed by atoms with E-state index in [1.807, 2.05) is 19.9 Å². The SMILES string of the molecule is CCN(CC)C(=O)c1ccnc(C(=O)Nc2ccc(C#N)cc2)c1. The molecule has 0 unspecified atom stereocenters. The van der Waals surface area contributed by atoms with Crippen LogP contribution in [0.2, 0.25) is 0 Å². The molecule has 24 heavy (non-hydrogen) atoms. The third kappa shape index (κ3) is 3.96. The lowest BCUT2D eigenvalue weighted by atomic mass is 10.2. The quantitative estimate of drug-likeness (QED) is 0.917. The van der Waals surface area contributed by atoms with E-state index in [0.29, 0.717) is 29.9 Å². The van der Waals surface area contributed by atoms with Crippen LogP contribution in [0, 0.1) is 11.3 Å². The molecule has 0 bridgehead atoms. The first-order valence-electron chi connectivity index (χ1n) is 7.65. The summed E-state index contributed by atoms with van der Waals surface area (Å²) < 4.78 is 0. The maximum Gasteiger partial charge on any atom is 0.274 e. The van der Waals surface area contributed by atoms with Gasteiger partial charge in [-0.2, -0.15) is 5.26 Å². The zero-order chi connectivity index (χ0) is 17.5. The highest BCUT2D eigenvalue weighted by atomic mass is 16.2. The van der Waals surface area contributed by atoms with Crippen molar-refractivity contribution in [3.05, 3.63) is 59.4 Å². The molecular formula is C18H18N4O2. The number of hydrogen-bond donors (Lipinski definition) is 1. The zero-order valence-electron chi connectivity index (χ0n) is 13.6. The summed E-state index contributed by atoms with van der Waals surface area (Å²) in [5.74, 6) is -0.538. The van der Waals surface area contributed by atoms with Crippen LogP contribution in [0.25, 0.3) is 0 Å². The minimum absolute atomic E-state index is 0.130. The Morgan fingerprint density at radius 3 is 2.42 bits per heavy atom. The standard InChI is InChI=1S/C18H18N4O2/c1-3-22(4-2)18(24)14-9-10-20-16(11-14)17(23)21-15-7-5-13(12-19)6-8-15/h5-11H,3-4H2,1-2H3,(H,21,23). The van der Waals surface area contributed by atoms with E-state index in [-0.39, 0.29) is 11.6 Å². The van der Waals surface area contributed by atoms with Gasteiger partial charge in [-0.1, -0.05) is 0 Å². The molecule has 0 atom stereocenters. The average Bonchev–Trinajstić information content (AvgIpc) is 2.63. The molecule has 2 rings (SSSR count). The van der Waals surface area contributed by atoms with Crippen LogP contribution in [0.1, 0.15) is 40.3 Å². The molecule has 0 saturated heterocycles. The van der Waals surface area contributed by atoms with Gasteiger partial charge < -0.3 is 10.2 Å². The molecule has 2 amide bonds. The number of hydrogen-bond acceptors (Lipinski definition) is 4. The third-order valence-electron chi connectivity index (χ3n) is 3.56. The van der Waals surface area contributed by atoms with Gasteiger partial charge in [-0.15, -0.1) is 0 Å². The highest BCUT2D eigenvalue weighted by molar-refractivity contribution is 6.04. The number of nitriles is 1. The van der Waals surface area contributed by atoms with Crippen LogP contribution in [0.15, 0.2) is 42.6 Å². The molecule has 0 saturated carbocycles. The first-order valence-corrected chi connectivity index (χ1v) is 7.65. The summed E-state index contributed by atoms with van der Waals surface area (Å²) >= 11 is 0. The van der Waals surface area contributed by atoms with Gasteiger partial charge in [0, 0.05) is 30.5 Å². The number of nitrogens with zero attached hydrogens (tertiary/aromatic N) is 3. The molecule has 6 nitrogen and oxygen atoms in total. The largest absolute Gasteiger partial charge is 0.339 e. The van der Waals surface area contributed by atoms with Crippen molar-refractivity contribution in [2.24, 2.45) is 0 Å². The van der Waals surface area contributed by atoms with Crippen LogP contribution in [-0.4, -0.2) is 34.8 Å². The summed E-state index contributed by atoms with van der Waals surface area (Å²) in [5, 5.41) is 11.5. The van der Waals surface area contributed by atoms with E-state index in [1.54, 1.807) is 35.2 Å². The Kier molecular flexibility index (Phi) is 5.63. The van der Waals surface area contributed by atoms with E-state index in [1.165, 1.54) is 12.3 Å². The number of rotatable bonds is 5. The lowest BCUT2D eigenvalue weighted by Gasteiger charge is -2.18. The van der Waals surface area contributed by atoms with E-state index in [4.69, 9.17) is 5.26 Å². The molecule has 6 heteroatoms. The highest BCUT2D eigenvalue weighted by Gasteiger charge is 2.15. The van der Waals surface area contributed by atoms with E-state index < -0.39 is 5.91 Å². The fraction of sp³-hybridized carbons (Fsp3) is 0.222. The number of anilines is 1. The van der Waals surface area contributed by atoms with Crippen LogP contribution in [0.5, 0.6) is 0 Å². The van der Waals surface area contributed by atoms with Gasteiger partial charge in [0.25, 0.3) is 11.8 Å². The molecule has 0 aliphatic carbocycles. The van der Waals surface area contributed by atoms with Gasteiger partial charge in [-0.05, 0) is 50.2 Å². The minimum atomic E-state index is -0.408. The Morgan fingerprint density at radius 2 is 1.83 bits per heavy atom. The predicted octanol–water partition coefficient (Wildman–Crippen LogP) is 2.69. The van der Waals surface area contributed by atoms with Gasteiger partial charge in [-0.3, -0.25) is 14.6 Å². The van der Waals surface area contributed by atoms with Crippen molar-refractivity contribution in [2.75, 3.05) is 18.4 Å². The monoisotopic (exact) mass is 322 g/mol. The van der Waals surface area contributed by atoms with Crippen molar-refractivity contribution in [1.82, 2.24) is 9.88 Å². The average molecular weight is 322 g/mol. The highest BCUT2D eigenvalue weighted by Crippen LogP contribution is 2.12. The summed E-state index contributed by atoms with van der Waals surface area (Å²) in [6, 6.07) is 11.6. The summed E-state index contributed by atoms with van der Waals surface area (Å²) in [5.41, 5.74) is 1.66. The molecule has 0 aliphatic rings. The summed E-state index contributed by atoms with van der Waals surface area (Å²) in [6.07, 6.45) is 1.45. The van der Waals surface area contributed by atoms with E-state index in [2.05, 4.69) is 10.3 Å². The minimum Gasteiger partial charge on any atom is -0.339 e. The number of amides is 2. The number of benzene rings is 1. The van der Waals surface area contributed by atoms with Gasteiger partial charge in [-0.25, -0.2) is 0 Å². The van der Waals surface area contributed by atoms with Gasteiger partial charge in [0.05, 0.1) is 11.6 Å². The van der Waals surface area contributed by atoms with Crippen molar-refractivity contribution >= 4 is 17.5 Å². The van der Waals surface area contributed by atoms with Gasteiger partial charge in [0.2, 0.25) is 0 Å². The normalized spacial score (nSPS) is 9.88. The first kappa shape index (κ1) is 17.2. The first-order chi connectivity index (χ1) is 11.6. The Balaban J connectivity index is 2.16. The fourth-order valence-electron chi connectivity index (χ4n) is 2.20. The molecule has 2 aromatic rings. The Morgan fingerprint density at radius 1 is 1.17 bits per heavy atom. The third-order valence-corrected chi connectivity index (χ3v) is 3.56. The molecule has 1 heterocycles. The van der Waals surface area contributed by atoms with E-state index in [9.17, 15) is 9.59 Å².